The van der Waals surface area contributed by atoms with Crippen LogP contribution in [0.5, 0.6) is 0 Å². The monoisotopic (exact) mass is 375 g/mol. The number of carbonyl (C=O) groups is 2. The van der Waals surface area contributed by atoms with Gasteiger partial charge in [-0.05, 0) is 38.6 Å². The lowest BCUT2D eigenvalue weighted by atomic mass is 9.85. The number of hydrogen-bond acceptors (Lipinski definition) is 5. The number of carboxylic acid groups (broad SMARTS) is 1. The Labute approximate surface area is 149 Å². The van der Waals surface area contributed by atoms with Crippen LogP contribution in [0, 0.1) is 0 Å². The fourth-order valence-electron chi connectivity index (χ4n) is 3.49. The molecule has 0 spiro atoms. The molecule has 0 aromatic carbocycles. The first-order valence-corrected chi connectivity index (χ1v) is 10.7. The van der Waals surface area contributed by atoms with Crippen LogP contribution in [-0.4, -0.2) is 78.6 Å². The molecule has 2 aliphatic rings. The summed E-state index contributed by atoms with van der Waals surface area (Å²) in [5.41, 5.74) is 0. The van der Waals surface area contributed by atoms with Crippen molar-refractivity contribution in [1.29, 1.82) is 0 Å². The van der Waals surface area contributed by atoms with Gasteiger partial charge in [-0.2, -0.15) is 0 Å². The van der Waals surface area contributed by atoms with E-state index in [4.69, 9.17) is 5.11 Å². The second-order valence-electron chi connectivity index (χ2n) is 6.87. The number of carboxylic acids is 1. The zero-order valence-corrected chi connectivity index (χ0v) is 15.6. The van der Waals surface area contributed by atoms with Gasteiger partial charge in [0.2, 0.25) is 15.9 Å². The van der Waals surface area contributed by atoms with Gasteiger partial charge in [0.25, 0.3) is 0 Å². The molecule has 2 N–H and O–H groups in total. The fraction of sp³-hybridized carbons (Fsp3) is 0.875. The molecule has 0 radical (unpaired) electrons. The van der Waals surface area contributed by atoms with Crippen LogP contribution in [-0.2, 0) is 19.6 Å². The van der Waals surface area contributed by atoms with Crippen LogP contribution in [0.3, 0.4) is 0 Å². The highest BCUT2D eigenvalue weighted by Crippen LogP contribution is 2.25. The van der Waals surface area contributed by atoms with Crippen LogP contribution in [0.4, 0.5) is 0 Å². The van der Waals surface area contributed by atoms with Gasteiger partial charge >= 0.3 is 5.97 Å². The van der Waals surface area contributed by atoms with Crippen molar-refractivity contribution in [2.75, 3.05) is 31.9 Å². The molecule has 0 aromatic rings. The Balaban J connectivity index is 1.63. The molecule has 0 unspecified atom stereocenters. The van der Waals surface area contributed by atoms with Gasteiger partial charge in [-0.3, -0.25) is 14.5 Å². The summed E-state index contributed by atoms with van der Waals surface area (Å²) in [5, 5.41) is 11.8. The Morgan fingerprint density at radius 2 is 1.88 bits per heavy atom. The number of nitrogens with zero attached hydrogens (tertiary/aromatic N) is 2. The molecule has 25 heavy (non-hydrogen) atoms. The third-order valence-electron chi connectivity index (χ3n) is 5.00. The van der Waals surface area contributed by atoms with E-state index in [0.717, 1.165) is 25.7 Å². The Morgan fingerprint density at radius 1 is 1.24 bits per heavy atom. The first kappa shape index (κ1) is 20.1. The number of rotatable bonds is 10. The van der Waals surface area contributed by atoms with Gasteiger partial charge in [-0.1, -0.05) is 6.92 Å². The summed E-state index contributed by atoms with van der Waals surface area (Å²) in [7, 11) is -3.22. The molecule has 1 amide bonds. The Hall–Kier alpha value is -1.19. The van der Waals surface area contributed by atoms with Crippen molar-refractivity contribution in [3.63, 3.8) is 0 Å². The molecule has 144 valence electrons. The van der Waals surface area contributed by atoms with Crippen molar-refractivity contribution in [3.8, 4) is 0 Å². The number of amides is 1. The first-order valence-electron chi connectivity index (χ1n) is 9.05. The molecule has 1 aliphatic heterocycles. The maximum absolute atomic E-state index is 12.1. The lowest BCUT2D eigenvalue weighted by Crippen LogP contribution is -2.54. The summed E-state index contributed by atoms with van der Waals surface area (Å²) >= 11 is 0. The van der Waals surface area contributed by atoms with Crippen molar-refractivity contribution >= 4 is 21.9 Å². The quantitative estimate of drug-likeness (QED) is 0.567. The van der Waals surface area contributed by atoms with E-state index in [1.807, 2.05) is 11.8 Å². The molecule has 1 saturated carbocycles. The number of nitrogens with one attached hydrogen (secondary N) is 1. The molecule has 8 nitrogen and oxygen atoms in total. The van der Waals surface area contributed by atoms with E-state index < -0.39 is 16.0 Å². The zero-order valence-electron chi connectivity index (χ0n) is 14.8. The van der Waals surface area contributed by atoms with Crippen molar-refractivity contribution in [2.24, 2.45) is 0 Å². The number of aliphatic carboxylic acids is 1. The predicted octanol–water partition coefficient (Wildman–Crippen LogP) is 0.246. The molecule has 1 heterocycles. The number of carbonyl (C=O) groups excluding carboxylic acids is 1. The van der Waals surface area contributed by atoms with E-state index >= 15 is 0 Å². The average molecular weight is 375 g/mol. The van der Waals surface area contributed by atoms with Gasteiger partial charge in [0.1, 0.15) is 0 Å². The van der Waals surface area contributed by atoms with Crippen LogP contribution in [0.15, 0.2) is 0 Å². The summed E-state index contributed by atoms with van der Waals surface area (Å²) in [6, 6.07) is 0.262. The van der Waals surface area contributed by atoms with Crippen molar-refractivity contribution in [3.05, 3.63) is 0 Å². The standard InChI is InChI=1S/C16H29N3O5S/c1-2-18(12-16(21)22)14-10-13(11-14)17-15(20)6-5-9-25(23,24)19-7-3-4-8-19/h13-14H,2-12H2,1H3,(H,17,20)(H,21,22). The third-order valence-corrected chi connectivity index (χ3v) is 6.96. The SMILES string of the molecule is CCN(CC(=O)O)C1CC(NC(=O)CCCS(=O)(=O)N2CCCC2)C1. The van der Waals surface area contributed by atoms with Gasteiger partial charge in [-0.15, -0.1) is 0 Å². The molecule has 1 aliphatic carbocycles. The Bertz CT molecular complexity index is 568. The lowest BCUT2D eigenvalue weighted by Gasteiger charge is -2.42. The molecular weight excluding hydrogens is 346 g/mol. The smallest absolute Gasteiger partial charge is 0.317 e. The van der Waals surface area contributed by atoms with Gasteiger partial charge in [-0.25, -0.2) is 12.7 Å². The summed E-state index contributed by atoms with van der Waals surface area (Å²) < 4.78 is 25.7. The average Bonchev–Trinajstić information content (AvgIpc) is 3.03. The van der Waals surface area contributed by atoms with Crippen molar-refractivity contribution in [1.82, 2.24) is 14.5 Å². The highest BCUT2D eigenvalue weighted by atomic mass is 32.2. The van der Waals surface area contributed by atoms with Crippen LogP contribution in [0.2, 0.25) is 0 Å². The van der Waals surface area contributed by atoms with E-state index in [9.17, 15) is 18.0 Å². The lowest BCUT2D eigenvalue weighted by molar-refractivity contribution is -0.139. The number of hydrogen-bond donors (Lipinski definition) is 2. The molecule has 0 bridgehead atoms. The maximum atomic E-state index is 12.1. The first-order chi connectivity index (χ1) is 11.8. The van der Waals surface area contributed by atoms with Gasteiger partial charge in [0.15, 0.2) is 0 Å². The van der Waals surface area contributed by atoms with Gasteiger partial charge < -0.3 is 10.4 Å². The number of sulfonamides is 1. The molecule has 2 rings (SSSR count). The van der Waals surface area contributed by atoms with Crippen LogP contribution in [0.25, 0.3) is 0 Å². The van der Waals surface area contributed by atoms with E-state index in [1.165, 1.54) is 4.31 Å². The molecule has 1 saturated heterocycles. The van der Waals surface area contributed by atoms with Crippen LogP contribution >= 0.6 is 0 Å². The second kappa shape index (κ2) is 8.95. The van der Waals surface area contributed by atoms with E-state index in [1.54, 1.807) is 0 Å². The van der Waals surface area contributed by atoms with E-state index in [0.29, 0.717) is 26.1 Å². The Morgan fingerprint density at radius 3 is 2.44 bits per heavy atom. The maximum Gasteiger partial charge on any atom is 0.317 e. The summed E-state index contributed by atoms with van der Waals surface area (Å²) in [4.78, 5) is 24.6. The highest BCUT2D eigenvalue weighted by molar-refractivity contribution is 7.89. The van der Waals surface area contributed by atoms with Gasteiger partial charge in [0.05, 0.1) is 12.3 Å². The van der Waals surface area contributed by atoms with E-state index in [-0.39, 0.29) is 36.7 Å². The molecule has 0 aromatic heterocycles. The second-order valence-corrected chi connectivity index (χ2v) is 8.96. The minimum Gasteiger partial charge on any atom is -0.480 e. The van der Waals surface area contributed by atoms with Crippen LogP contribution < -0.4 is 5.32 Å². The summed E-state index contributed by atoms with van der Waals surface area (Å²) in [5.74, 6) is -0.939. The summed E-state index contributed by atoms with van der Waals surface area (Å²) in [6.45, 7) is 3.82. The molecular formula is C16H29N3O5S. The Kier molecular flexibility index (Phi) is 7.21. The largest absolute Gasteiger partial charge is 0.480 e. The van der Waals surface area contributed by atoms with Crippen LogP contribution in [0.1, 0.15) is 45.4 Å². The molecule has 2 fully saturated rings. The van der Waals surface area contributed by atoms with Crippen molar-refractivity contribution in [2.45, 2.75) is 57.5 Å². The highest BCUT2D eigenvalue weighted by Gasteiger charge is 2.34. The van der Waals surface area contributed by atoms with E-state index in [2.05, 4.69) is 5.32 Å². The fourth-order valence-corrected chi connectivity index (χ4v) is 5.07. The summed E-state index contributed by atoms with van der Waals surface area (Å²) in [6.07, 6.45) is 3.87. The minimum atomic E-state index is -3.22. The number of likely N-dealkylation sites (N-methyl/N-ethyl adjacent to an activating group) is 1. The topological polar surface area (TPSA) is 107 Å². The minimum absolute atomic E-state index is 0.0237. The predicted molar refractivity (Wildman–Crippen MR) is 93.7 cm³/mol. The van der Waals surface area contributed by atoms with Crippen molar-refractivity contribution < 1.29 is 23.1 Å². The zero-order chi connectivity index (χ0) is 18.4. The van der Waals surface area contributed by atoms with Gasteiger partial charge in [0, 0.05) is 31.6 Å². The normalized spacial score (nSPS) is 24.2. The molecule has 9 heteroatoms. The molecule has 0 atom stereocenters. The third kappa shape index (κ3) is 5.93.